The van der Waals surface area contributed by atoms with Gasteiger partial charge in [0, 0.05) is 11.6 Å². The smallest absolute Gasteiger partial charge is 0.227 e. The van der Waals surface area contributed by atoms with Crippen molar-refractivity contribution in [3.8, 4) is 0 Å². The molecule has 0 aliphatic heterocycles. The fraction of sp³-hybridized carbons (Fsp3) is 0.533. The minimum absolute atomic E-state index is 0.201. The van der Waals surface area contributed by atoms with Gasteiger partial charge in [-0.2, -0.15) is 0 Å². The summed E-state index contributed by atoms with van der Waals surface area (Å²) in [4.78, 5) is 11.8. The van der Waals surface area contributed by atoms with Gasteiger partial charge in [0.15, 0.2) is 0 Å². The van der Waals surface area contributed by atoms with E-state index in [1.54, 1.807) is 0 Å². The lowest BCUT2D eigenvalue weighted by atomic mass is 10.0. The minimum atomic E-state index is 0.201. The fourth-order valence-electron chi connectivity index (χ4n) is 2.00. The standard InChI is InChI=1S/C15H21NO/c1-3-4-5-13-10-11(2)6-9-14(13)16-15(17)12-7-8-12/h6,9-10,12H,3-5,7-8H2,1-2H3,(H,16,17). The number of rotatable bonds is 5. The number of nitrogens with one attached hydrogen (secondary N) is 1. The molecule has 0 spiro atoms. The summed E-state index contributed by atoms with van der Waals surface area (Å²) in [5.74, 6) is 0.474. The number of benzene rings is 1. The molecule has 2 heteroatoms. The van der Waals surface area contributed by atoms with E-state index < -0.39 is 0 Å². The van der Waals surface area contributed by atoms with Gasteiger partial charge in [-0.15, -0.1) is 0 Å². The number of unbranched alkanes of at least 4 members (excludes halogenated alkanes) is 1. The molecule has 0 bridgehead atoms. The van der Waals surface area contributed by atoms with Gasteiger partial charge in [0.05, 0.1) is 0 Å². The van der Waals surface area contributed by atoms with E-state index in [-0.39, 0.29) is 11.8 Å². The highest BCUT2D eigenvalue weighted by Gasteiger charge is 2.29. The molecule has 1 amide bonds. The van der Waals surface area contributed by atoms with Crippen molar-refractivity contribution in [3.05, 3.63) is 29.3 Å². The first-order valence-corrected chi connectivity index (χ1v) is 6.61. The van der Waals surface area contributed by atoms with Gasteiger partial charge in [-0.1, -0.05) is 31.0 Å². The van der Waals surface area contributed by atoms with Gasteiger partial charge in [-0.3, -0.25) is 4.79 Å². The molecule has 0 unspecified atom stereocenters. The second kappa shape index (κ2) is 5.35. The maximum absolute atomic E-state index is 11.8. The Morgan fingerprint density at radius 2 is 2.18 bits per heavy atom. The molecule has 1 aromatic rings. The molecule has 1 N–H and O–H groups in total. The fourth-order valence-corrected chi connectivity index (χ4v) is 2.00. The summed E-state index contributed by atoms with van der Waals surface area (Å²) >= 11 is 0. The Morgan fingerprint density at radius 3 is 2.82 bits per heavy atom. The first-order chi connectivity index (χ1) is 8.20. The van der Waals surface area contributed by atoms with Crippen molar-refractivity contribution >= 4 is 11.6 Å². The Labute approximate surface area is 103 Å². The molecule has 17 heavy (non-hydrogen) atoms. The van der Waals surface area contributed by atoms with Crippen LogP contribution in [0.25, 0.3) is 0 Å². The van der Waals surface area contributed by atoms with E-state index in [0.29, 0.717) is 0 Å². The van der Waals surface area contributed by atoms with Crippen LogP contribution in [0.4, 0.5) is 5.69 Å². The predicted octanol–water partition coefficient (Wildman–Crippen LogP) is 3.69. The Kier molecular flexibility index (Phi) is 3.82. The maximum Gasteiger partial charge on any atom is 0.227 e. The lowest BCUT2D eigenvalue weighted by Crippen LogP contribution is -2.14. The maximum atomic E-state index is 11.8. The summed E-state index contributed by atoms with van der Waals surface area (Å²) in [6.07, 6.45) is 5.53. The number of carbonyl (C=O) groups is 1. The van der Waals surface area contributed by atoms with Crippen LogP contribution in [0.3, 0.4) is 0 Å². The molecule has 0 heterocycles. The van der Waals surface area contributed by atoms with Crippen LogP contribution in [0.5, 0.6) is 0 Å². The van der Waals surface area contributed by atoms with Crippen molar-refractivity contribution in [1.82, 2.24) is 0 Å². The third-order valence-corrected chi connectivity index (χ3v) is 3.27. The van der Waals surface area contributed by atoms with E-state index in [4.69, 9.17) is 0 Å². The quantitative estimate of drug-likeness (QED) is 0.822. The van der Waals surface area contributed by atoms with E-state index in [9.17, 15) is 4.79 Å². The van der Waals surface area contributed by atoms with Crippen LogP contribution in [-0.2, 0) is 11.2 Å². The highest BCUT2D eigenvalue weighted by atomic mass is 16.2. The third-order valence-electron chi connectivity index (χ3n) is 3.27. The second-order valence-corrected chi connectivity index (χ2v) is 5.03. The topological polar surface area (TPSA) is 29.1 Å². The van der Waals surface area contributed by atoms with Crippen LogP contribution in [0.2, 0.25) is 0 Å². The molecule has 2 rings (SSSR count). The zero-order valence-electron chi connectivity index (χ0n) is 10.8. The number of hydrogen-bond acceptors (Lipinski definition) is 1. The highest BCUT2D eigenvalue weighted by molar-refractivity contribution is 5.94. The first kappa shape index (κ1) is 12.2. The average Bonchev–Trinajstić information content (AvgIpc) is 3.13. The summed E-state index contributed by atoms with van der Waals surface area (Å²) < 4.78 is 0. The van der Waals surface area contributed by atoms with Gasteiger partial charge in [0.25, 0.3) is 0 Å². The Balaban J connectivity index is 2.10. The van der Waals surface area contributed by atoms with Gasteiger partial charge in [0.2, 0.25) is 5.91 Å². The Morgan fingerprint density at radius 1 is 1.41 bits per heavy atom. The van der Waals surface area contributed by atoms with Crippen molar-refractivity contribution in [2.75, 3.05) is 5.32 Å². The highest BCUT2D eigenvalue weighted by Crippen LogP contribution is 2.31. The van der Waals surface area contributed by atoms with Crippen LogP contribution < -0.4 is 5.32 Å². The van der Waals surface area contributed by atoms with E-state index in [1.165, 1.54) is 24.0 Å². The summed E-state index contributed by atoms with van der Waals surface area (Å²) in [5.41, 5.74) is 3.56. The molecular formula is C15H21NO. The predicted molar refractivity (Wildman–Crippen MR) is 71.1 cm³/mol. The molecule has 1 aliphatic rings. The van der Waals surface area contributed by atoms with Crippen molar-refractivity contribution in [3.63, 3.8) is 0 Å². The molecule has 2 nitrogen and oxygen atoms in total. The zero-order chi connectivity index (χ0) is 12.3. The average molecular weight is 231 g/mol. The normalized spacial score (nSPS) is 14.7. The molecular weight excluding hydrogens is 210 g/mol. The summed E-state index contributed by atoms with van der Waals surface area (Å²) in [7, 11) is 0. The van der Waals surface area contributed by atoms with Crippen LogP contribution >= 0.6 is 0 Å². The molecule has 0 aromatic heterocycles. The van der Waals surface area contributed by atoms with Crippen molar-refractivity contribution in [2.24, 2.45) is 5.92 Å². The van der Waals surface area contributed by atoms with E-state index >= 15 is 0 Å². The molecule has 92 valence electrons. The zero-order valence-corrected chi connectivity index (χ0v) is 10.8. The summed E-state index contributed by atoms with van der Waals surface area (Å²) in [6.45, 7) is 4.29. The SMILES string of the molecule is CCCCc1cc(C)ccc1NC(=O)C1CC1. The number of amides is 1. The number of aryl methyl sites for hydroxylation is 2. The number of carbonyl (C=O) groups excluding carboxylic acids is 1. The molecule has 1 aromatic carbocycles. The second-order valence-electron chi connectivity index (χ2n) is 5.03. The Hall–Kier alpha value is -1.31. The summed E-state index contributed by atoms with van der Waals surface area (Å²) in [6, 6.07) is 6.30. The first-order valence-electron chi connectivity index (χ1n) is 6.61. The van der Waals surface area contributed by atoms with Crippen LogP contribution in [0.1, 0.15) is 43.7 Å². The van der Waals surface area contributed by atoms with Crippen molar-refractivity contribution in [2.45, 2.75) is 46.0 Å². The summed E-state index contributed by atoms with van der Waals surface area (Å²) in [5, 5.41) is 3.07. The number of anilines is 1. The molecule has 1 saturated carbocycles. The lowest BCUT2D eigenvalue weighted by Gasteiger charge is -2.11. The van der Waals surface area contributed by atoms with Gasteiger partial charge in [0.1, 0.15) is 0 Å². The molecule has 1 aliphatic carbocycles. The minimum Gasteiger partial charge on any atom is -0.326 e. The molecule has 0 atom stereocenters. The van der Waals surface area contributed by atoms with Gasteiger partial charge in [-0.25, -0.2) is 0 Å². The van der Waals surface area contributed by atoms with Crippen molar-refractivity contribution in [1.29, 1.82) is 0 Å². The molecule has 0 saturated heterocycles. The monoisotopic (exact) mass is 231 g/mol. The van der Waals surface area contributed by atoms with Crippen LogP contribution in [0, 0.1) is 12.8 Å². The van der Waals surface area contributed by atoms with Crippen LogP contribution in [0.15, 0.2) is 18.2 Å². The van der Waals surface area contributed by atoms with Gasteiger partial charge >= 0.3 is 0 Å². The lowest BCUT2D eigenvalue weighted by molar-refractivity contribution is -0.117. The van der Waals surface area contributed by atoms with E-state index in [0.717, 1.165) is 24.9 Å². The molecule has 0 radical (unpaired) electrons. The van der Waals surface area contributed by atoms with Crippen molar-refractivity contribution < 1.29 is 4.79 Å². The van der Waals surface area contributed by atoms with Gasteiger partial charge < -0.3 is 5.32 Å². The van der Waals surface area contributed by atoms with E-state index in [1.807, 2.05) is 6.07 Å². The van der Waals surface area contributed by atoms with Crippen LogP contribution in [-0.4, -0.2) is 5.91 Å². The molecule has 1 fully saturated rings. The Bertz CT molecular complexity index is 407. The largest absolute Gasteiger partial charge is 0.326 e. The number of hydrogen-bond donors (Lipinski definition) is 1. The van der Waals surface area contributed by atoms with E-state index in [2.05, 4.69) is 31.3 Å². The van der Waals surface area contributed by atoms with Gasteiger partial charge in [-0.05, 0) is 44.2 Å². The third kappa shape index (κ3) is 3.32.